The van der Waals surface area contributed by atoms with Crippen molar-refractivity contribution >= 4 is 5.78 Å². The number of rotatable bonds is 1. The lowest BCUT2D eigenvalue weighted by Gasteiger charge is -2.12. The Hall–Kier alpha value is -0.790. The Morgan fingerprint density at radius 1 is 1.70 bits per heavy atom. The number of carbonyl (C=O) groups is 1. The van der Waals surface area contributed by atoms with Gasteiger partial charge >= 0.3 is 0 Å². The molecule has 56 valence electrons. The summed E-state index contributed by atoms with van der Waals surface area (Å²) in [4.78, 5) is 11.1. The summed E-state index contributed by atoms with van der Waals surface area (Å²) in [6, 6.07) is 0.0208. The van der Waals surface area contributed by atoms with Crippen LogP contribution in [0.4, 0.5) is 0 Å². The van der Waals surface area contributed by atoms with Gasteiger partial charge in [-0.25, -0.2) is 0 Å². The van der Waals surface area contributed by atoms with E-state index in [9.17, 15) is 4.79 Å². The molecule has 1 atom stereocenters. The van der Waals surface area contributed by atoms with E-state index in [1.165, 1.54) is 0 Å². The van der Waals surface area contributed by atoms with Gasteiger partial charge in [0, 0.05) is 12.1 Å². The summed E-state index contributed by atoms with van der Waals surface area (Å²) >= 11 is 0. The molecule has 1 heterocycles. The third-order valence-electron chi connectivity index (χ3n) is 1.76. The quantitative estimate of drug-likeness (QED) is 0.589. The second-order valence-corrected chi connectivity index (χ2v) is 3.11. The molecule has 0 aromatic rings. The number of carbonyl (C=O) groups excluding carboxylic acids is 1. The predicted octanol–water partition coefficient (Wildman–Crippen LogP) is 1.09. The third-order valence-corrected chi connectivity index (χ3v) is 1.76. The molecule has 10 heavy (non-hydrogen) atoms. The number of allylic oxidation sites excluding steroid dienone is 1. The largest absolute Gasteiger partial charge is 0.379 e. The van der Waals surface area contributed by atoms with Gasteiger partial charge in [-0.1, -0.05) is 20.4 Å². The Morgan fingerprint density at radius 3 is 2.50 bits per heavy atom. The molecule has 1 saturated heterocycles. The minimum absolute atomic E-state index is 0.0208. The van der Waals surface area contributed by atoms with Gasteiger partial charge in [-0.2, -0.15) is 0 Å². The summed E-state index contributed by atoms with van der Waals surface area (Å²) in [5, 5.41) is 3.06. The van der Waals surface area contributed by atoms with Crippen LogP contribution in [-0.2, 0) is 4.79 Å². The molecule has 2 nitrogen and oxygen atoms in total. The molecular weight excluding hydrogens is 126 g/mol. The number of hydrogen-bond donors (Lipinski definition) is 1. The second-order valence-electron chi connectivity index (χ2n) is 3.11. The van der Waals surface area contributed by atoms with E-state index in [2.05, 4.69) is 11.9 Å². The summed E-state index contributed by atoms with van der Waals surface area (Å²) in [5.74, 6) is 0.659. The molecule has 1 aliphatic heterocycles. The highest BCUT2D eigenvalue weighted by molar-refractivity contribution is 5.89. The van der Waals surface area contributed by atoms with Crippen molar-refractivity contribution in [2.24, 2.45) is 5.92 Å². The van der Waals surface area contributed by atoms with Gasteiger partial charge in [0.1, 0.15) is 0 Å². The van der Waals surface area contributed by atoms with Crippen molar-refractivity contribution in [1.29, 1.82) is 0 Å². The summed E-state index contributed by atoms with van der Waals surface area (Å²) in [5.41, 5.74) is 0.865. The zero-order valence-electron chi connectivity index (χ0n) is 6.48. The Balaban J connectivity index is 2.63. The maximum atomic E-state index is 11.1. The molecule has 1 rings (SSSR count). The van der Waals surface area contributed by atoms with Crippen LogP contribution >= 0.6 is 0 Å². The molecule has 0 radical (unpaired) electrons. The molecule has 2 heteroatoms. The Bertz CT molecular complexity index is 172. The first-order valence-electron chi connectivity index (χ1n) is 3.58. The molecule has 0 saturated carbocycles. The monoisotopic (exact) mass is 139 g/mol. The zero-order valence-corrected chi connectivity index (χ0v) is 6.48. The molecule has 0 spiro atoms. The van der Waals surface area contributed by atoms with E-state index in [1.54, 1.807) is 0 Å². The minimum Gasteiger partial charge on any atom is -0.379 e. The average molecular weight is 139 g/mol. The van der Waals surface area contributed by atoms with Gasteiger partial charge in [0.15, 0.2) is 5.78 Å². The minimum atomic E-state index is 0.0208. The van der Waals surface area contributed by atoms with Gasteiger partial charge < -0.3 is 5.32 Å². The van der Waals surface area contributed by atoms with Crippen LogP contribution in [0.1, 0.15) is 20.3 Å². The average Bonchev–Trinajstić information content (AvgIpc) is 2.10. The molecule has 1 aliphatic rings. The fourth-order valence-corrected chi connectivity index (χ4v) is 1.21. The third kappa shape index (κ3) is 1.20. The van der Waals surface area contributed by atoms with E-state index in [4.69, 9.17) is 0 Å². The Kier molecular flexibility index (Phi) is 1.79. The van der Waals surface area contributed by atoms with Gasteiger partial charge in [0.25, 0.3) is 0 Å². The van der Waals surface area contributed by atoms with Crippen molar-refractivity contribution in [3.8, 4) is 0 Å². The summed E-state index contributed by atoms with van der Waals surface area (Å²) < 4.78 is 0. The highest BCUT2D eigenvalue weighted by Crippen LogP contribution is 2.15. The van der Waals surface area contributed by atoms with Gasteiger partial charge in [-0.3, -0.25) is 4.79 Å². The standard InChI is InChI=1S/C8H13NO/c1-5(2)8-7(10)4-6(3)9-8/h5,8-9H,3-4H2,1-2H3. The fraction of sp³-hybridized carbons (Fsp3) is 0.625. The first kappa shape index (κ1) is 7.32. The van der Waals surface area contributed by atoms with Crippen LogP contribution in [0.5, 0.6) is 0 Å². The lowest BCUT2D eigenvalue weighted by Crippen LogP contribution is -2.31. The van der Waals surface area contributed by atoms with Crippen LogP contribution < -0.4 is 5.32 Å². The summed E-state index contributed by atoms with van der Waals surface area (Å²) in [7, 11) is 0. The van der Waals surface area contributed by atoms with Crippen LogP contribution in [0, 0.1) is 5.92 Å². The van der Waals surface area contributed by atoms with Crippen LogP contribution in [-0.4, -0.2) is 11.8 Å². The van der Waals surface area contributed by atoms with Crippen molar-refractivity contribution in [2.75, 3.05) is 0 Å². The van der Waals surface area contributed by atoms with Gasteiger partial charge in [0.05, 0.1) is 6.04 Å². The SMILES string of the molecule is C=C1CC(=O)C(C(C)C)N1. The second kappa shape index (κ2) is 2.45. The van der Waals surface area contributed by atoms with E-state index in [0.717, 1.165) is 5.70 Å². The van der Waals surface area contributed by atoms with Crippen LogP contribution in [0.25, 0.3) is 0 Å². The summed E-state index contributed by atoms with van der Waals surface area (Å²) in [6.45, 7) is 7.78. The number of Topliss-reactive ketones (excluding diaryl/α,β-unsaturated/α-hetero) is 1. The van der Waals surface area contributed by atoms with Crippen molar-refractivity contribution in [1.82, 2.24) is 5.32 Å². The predicted molar refractivity (Wildman–Crippen MR) is 40.5 cm³/mol. The van der Waals surface area contributed by atoms with Crippen molar-refractivity contribution in [2.45, 2.75) is 26.3 Å². The number of ketones is 1. The lowest BCUT2D eigenvalue weighted by molar-refractivity contribution is -0.119. The molecule has 1 unspecified atom stereocenters. The molecular formula is C8H13NO. The molecule has 0 aliphatic carbocycles. The molecule has 0 aromatic carbocycles. The maximum absolute atomic E-state index is 11.1. The maximum Gasteiger partial charge on any atom is 0.161 e. The van der Waals surface area contributed by atoms with Crippen LogP contribution in [0.2, 0.25) is 0 Å². The molecule has 1 N–H and O–H groups in total. The van der Waals surface area contributed by atoms with Crippen molar-refractivity contribution < 1.29 is 4.79 Å². The van der Waals surface area contributed by atoms with Gasteiger partial charge in [-0.05, 0) is 5.92 Å². The molecule has 0 aromatic heterocycles. The first-order valence-corrected chi connectivity index (χ1v) is 3.58. The van der Waals surface area contributed by atoms with Crippen LogP contribution in [0.3, 0.4) is 0 Å². The highest BCUT2D eigenvalue weighted by atomic mass is 16.1. The van der Waals surface area contributed by atoms with Crippen molar-refractivity contribution in [3.05, 3.63) is 12.3 Å². The molecule has 0 amide bonds. The molecule has 1 fully saturated rings. The Morgan fingerprint density at radius 2 is 2.30 bits per heavy atom. The highest BCUT2D eigenvalue weighted by Gasteiger charge is 2.28. The lowest BCUT2D eigenvalue weighted by atomic mass is 10.0. The van der Waals surface area contributed by atoms with E-state index >= 15 is 0 Å². The Labute approximate surface area is 61.3 Å². The topological polar surface area (TPSA) is 29.1 Å². The van der Waals surface area contributed by atoms with Crippen LogP contribution in [0.15, 0.2) is 12.3 Å². The zero-order chi connectivity index (χ0) is 7.72. The number of hydrogen-bond acceptors (Lipinski definition) is 2. The van der Waals surface area contributed by atoms with Gasteiger partial charge in [-0.15, -0.1) is 0 Å². The van der Waals surface area contributed by atoms with E-state index in [-0.39, 0.29) is 11.8 Å². The molecule has 0 bridgehead atoms. The van der Waals surface area contributed by atoms with E-state index in [0.29, 0.717) is 12.3 Å². The fourth-order valence-electron chi connectivity index (χ4n) is 1.21. The smallest absolute Gasteiger partial charge is 0.161 e. The first-order chi connectivity index (χ1) is 4.61. The number of nitrogens with one attached hydrogen (secondary N) is 1. The van der Waals surface area contributed by atoms with Gasteiger partial charge in [0.2, 0.25) is 0 Å². The van der Waals surface area contributed by atoms with E-state index < -0.39 is 0 Å². The van der Waals surface area contributed by atoms with Crippen molar-refractivity contribution in [3.63, 3.8) is 0 Å². The normalized spacial score (nSPS) is 25.7. The van der Waals surface area contributed by atoms with E-state index in [1.807, 2.05) is 13.8 Å². The summed E-state index contributed by atoms with van der Waals surface area (Å²) in [6.07, 6.45) is 0.517.